The van der Waals surface area contributed by atoms with Crippen molar-refractivity contribution in [3.05, 3.63) is 34.9 Å². The van der Waals surface area contributed by atoms with Crippen LogP contribution >= 0.6 is 19.2 Å². The van der Waals surface area contributed by atoms with Crippen molar-refractivity contribution >= 4 is 19.2 Å². The maximum absolute atomic E-state index is 12.3. The number of hydrogen-bond acceptors (Lipinski definition) is 4. The van der Waals surface area contributed by atoms with Crippen LogP contribution in [0.15, 0.2) is 24.3 Å². The van der Waals surface area contributed by atoms with Crippen LogP contribution in [-0.2, 0) is 13.6 Å². The molecule has 1 N–H and O–H groups in total. The summed E-state index contributed by atoms with van der Waals surface area (Å²) >= 11 is 5.97. The molecule has 0 spiro atoms. The summed E-state index contributed by atoms with van der Waals surface area (Å²) in [5.41, 5.74) is 0.527. The molecule has 0 fully saturated rings. The van der Waals surface area contributed by atoms with Crippen molar-refractivity contribution in [2.75, 3.05) is 19.4 Å². The van der Waals surface area contributed by atoms with Gasteiger partial charge in [0, 0.05) is 5.02 Å². The molecule has 18 heavy (non-hydrogen) atoms. The number of halogens is 1. The monoisotopic (exact) mass is 292 g/mol. The number of aliphatic hydroxyl groups is 1. The molecule has 0 radical (unpaired) electrons. The van der Waals surface area contributed by atoms with Crippen molar-refractivity contribution in [3.63, 3.8) is 0 Å². The lowest BCUT2D eigenvalue weighted by Crippen LogP contribution is -2.09. The fraction of sp³-hybridized carbons (Fsp3) is 0.500. The van der Waals surface area contributed by atoms with E-state index in [4.69, 9.17) is 20.6 Å². The third-order valence-electron chi connectivity index (χ3n) is 2.31. The highest BCUT2D eigenvalue weighted by Gasteiger charge is 2.29. The molecule has 1 aromatic carbocycles. The van der Waals surface area contributed by atoms with Gasteiger partial charge in [-0.25, -0.2) is 0 Å². The Labute approximate surface area is 112 Å². The molecule has 1 aromatic rings. The van der Waals surface area contributed by atoms with Crippen molar-refractivity contribution in [1.29, 1.82) is 0 Å². The fourth-order valence-electron chi connectivity index (χ4n) is 1.59. The Morgan fingerprint density at radius 3 is 2.33 bits per heavy atom. The number of benzene rings is 1. The second-order valence-corrected chi connectivity index (χ2v) is 6.18. The molecule has 6 heteroatoms. The van der Waals surface area contributed by atoms with E-state index in [1.54, 1.807) is 38.1 Å². The Balaban J connectivity index is 2.82. The first kappa shape index (κ1) is 15.7. The van der Waals surface area contributed by atoms with Gasteiger partial charge in [0.25, 0.3) is 0 Å². The average molecular weight is 293 g/mol. The summed E-state index contributed by atoms with van der Waals surface area (Å²) in [7, 11) is -3.27. The molecule has 1 atom stereocenters. The van der Waals surface area contributed by atoms with E-state index in [0.717, 1.165) is 0 Å². The zero-order valence-electron chi connectivity index (χ0n) is 10.5. The molecule has 1 rings (SSSR count). The molecule has 0 aliphatic rings. The Hall–Kier alpha value is -0.380. The van der Waals surface area contributed by atoms with Crippen molar-refractivity contribution in [2.45, 2.75) is 20.0 Å². The van der Waals surface area contributed by atoms with Gasteiger partial charge in [0.15, 0.2) is 0 Å². The highest BCUT2D eigenvalue weighted by Crippen LogP contribution is 2.51. The van der Waals surface area contributed by atoms with Crippen molar-refractivity contribution < 1.29 is 18.7 Å². The van der Waals surface area contributed by atoms with Crippen LogP contribution in [0.4, 0.5) is 0 Å². The number of rotatable bonds is 7. The average Bonchev–Trinajstić information content (AvgIpc) is 2.29. The summed E-state index contributed by atoms with van der Waals surface area (Å²) in [6, 6.07) is 6.89. The van der Waals surface area contributed by atoms with Crippen LogP contribution in [-0.4, -0.2) is 24.5 Å². The second-order valence-electron chi connectivity index (χ2n) is 3.67. The van der Waals surface area contributed by atoms with E-state index in [9.17, 15) is 9.67 Å². The maximum atomic E-state index is 12.3. The molecule has 102 valence electrons. The van der Waals surface area contributed by atoms with Crippen LogP contribution in [0.1, 0.15) is 25.5 Å². The smallest absolute Gasteiger partial charge is 0.333 e. The van der Waals surface area contributed by atoms with E-state index in [1.165, 1.54) is 0 Å². The molecule has 0 bridgehead atoms. The zero-order valence-corrected chi connectivity index (χ0v) is 12.2. The molecule has 0 saturated carbocycles. The molecule has 0 aromatic heterocycles. The first-order valence-electron chi connectivity index (χ1n) is 5.83. The normalized spacial score (nSPS) is 13.6. The standard InChI is InChI=1S/C12H18ClO4P/c1-3-16-18(15,17-4-2)9-12(14)10-7-5-6-8-11(10)13/h5-8,12,14H,3-4,9H2,1-2H3. The Bertz CT molecular complexity index is 414. The van der Waals surface area contributed by atoms with Gasteiger partial charge in [-0.3, -0.25) is 4.57 Å². The van der Waals surface area contributed by atoms with Crippen LogP contribution < -0.4 is 0 Å². The van der Waals surface area contributed by atoms with Crippen LogP contribution in [0.5, 0.6) is 0 Å². The van der Waals surface area contributed by atoms with Crippen LogP contribution in [0.3, 0.4) is 0 Å². The molecule has 4 nitrogen and oxygen atoms in total. The molecule has 0 aliphatic heterocycles. The van der Waals surface area contributed by atoms with Gasteiger partial charge in [-0.2, -0.15) is 0 Å². The molecule has 0 amide bonds. The molecular weight excluding hydrogens is 275 g/mol. The quantitative estimate of drug-likeness (QED) is 0.780. The van der Waals surface area contributed by atoms with E-state index in [0.29, 0.717) is 10.6 Å². The minimum absolute atomic E-state index is 0.0988. The van der Waals surface area contributed by atoms with E-state index in [-0.39, 0.29) is 19.4 Å². The van der Waals surface area contributed by atoms with E-state index in [1.807, 2.05) is 0 Å². The Morgan fingerprint density at radius 1 is 1.28 bits per heavy atom. The largest absolute Gasteiger partial charge is 0.388 e. The minimum Gasteiger partial charge on any atom is -0.388 e. The second kappa shape index (κ2) is 7.27. The lowest BCUT2D eigenvalue weighted by atomic mass is 10.1. The van der Waals surface area contributed by atoms with Crippen molar-refractivity contribution in [2.24, 2.45) is 0 Å². The third-order valence-corrected chi connectivity index (χ3v) is 4.75. The highest BCUT2D eigenvalue weighted by molar-refractivity contribution is 7.53. The van der Waals surface area contributed by atoms with Crippen LogP contribution in [0, 0.1) is 0 Å². The lowest BCUT2D eigenvalue weighted by molar-refractivity contribution is 0.170. The Morgan fingerprint density at radius 2 is 1.83 bits per heavy atom. The molecule has 0 aliphatic carbocycles. The Kier molecular flexibility index (Phi) is 6.33. The van der Waals surface area contributed by atoms with E-state index < -0.39 is 13.7 Å². The van der Waals surface area contributed by atoms with Gasteiger partial charge >= 0.3 is 7.60 Å². The van der Waals surface area contributed by atoms with Gasteiger partial charge < -0.3 is 14.2 Å². The van der Waals surface area contributed by atoms with Crippen LogP contribution in [0.25, 0.3) is 0 Å². The van der Waals surface area contributed by atoms with Gasteiger partial charge in [0.2, 0.25) is 0 Å². The van der Waals surface area contributed by atoms with Crippen molar-refractivity contribution in [3.8, 4) is 0 Å². The molecular formula is C12H18ClO4P. The highest BCUT2D eigenvalue weighted by atomic mass is 35.5. The minimum atomic E-state index is -3.27. The van der Waals surface area contributed by atoms with Crippen molar-refractivity contribution in [1.82, 2.24) is 0 Å². The number of aliphatic hydroxyl groups excluding tert-OH is 1. The lowest BCUT2D eigenvalue weighted by Gasteiger charge is -2.20. The molecule has 0 heterocycles. The summed E-state index contributed by atoms with van der Waals surface area (Å²) < 4.78 is 22.5. The maximum Gasteiger partial charge on any atom is 0.333 e. The zero-order chi connectivity index (χ0) is 13.6. The summed E-state index contributed by atoms with van der Waals surface area (Å²) in [5, 5.41) is 10.5. The predicted molar refractivity (Wildman–Crippen MR) is 72.1 cm³/mol. The summed E-state index contributed by atoms with van der Waals surface area (Å²) in [5.74, 6) is 0. The van der Waals surface area contributed by atoms with E-state index in [2.05, 4.69) is 0 Å². The molecule has 1 unspecified atom stereocenters. The summed E-state index contributed by atoms with van der Waals surface area (Å²) in [6.07, 6.45) is -1.07. The van der Waals surface area contributed by atoms with Gasteiger partial charge in [0.1, 0.15) is 0 Å². The summed E-state index contributed by atoms with van der Waals surface area (Å²) in [4.78, 5) is 0. The summed E-state index contributed by atoms with van der Waals surface area (Å²) in [6.45, 7) is 4.00. The van der Waals surface area contributed by atoms with Gasteiger partial charge in [-0.15, -0.1) is 0 Å². The first-order chi connectivity index (χ1) is 8.52. The first-order valence-corrected chi connectivity index (χ1v) is 7.93. The van der Waals surface area contributed by atoms with Crippen LogP contribution in [0.2, 0.25) is 5.02 Å². The number of hydrogen-bond donors (Lipinski definition) is 1. The van der Waals surface area contributed by atoms with Gasteiger partial charge in [0.05, 0.1) is 25.5 Å². The topological polar surface area (TPSA) is 55.8 Å². The van der Waals surface area contributed by atoms with Gasteiger partial charge in [-0.05, 0) is 25.5 Å². The fourth-order valence-corrected chi connectivity index (χ4v) is 3.55. The third kappa shape index (κ3) is 4.38. The van der Waals surface area contributed by atoms with Gasteiger partial charge in [-0.1, -0.05) is 29.8 Å². The SMILES string of the molecule is CCOP(=O)(CC(O)c1ccccc1Cl)OCC. The van der Waals surface area contributed by atoms with E-state index >= 15 is 0 Å². The predicted octanol–water partition coefficient (Wildman–Crippen LogP) is 3.64. The molecule has 0 saturated heterocycles.